The lowest BCUT2D eigenvalue weighted by Crippen LogP contribution is -2.34. The molecule has 1 aromatic heterocycles. The summed E-state index contributed by atoms with van der Waals surface area (Å²) in [5.74, 6) is -0.406. The van der Waals surface area contributed by atoms with Crippen LogP contribution in [0, 0.1) is 11.6 Å². The number of hydrogen-bond donors (Lipinski definition) is 1. The predicted octanol–water partition coefficient (Wildman–Crippen LogP) is 3.86. The number of fused-ring (bicyclic) bond motifs is 1. The highest BCUT2D eigenvalue weighted by Gasteiger charge is 2.21. The van der Waals surface area contributed by atoms with E-state index in [4.69, 9.17) is 4.74 Å². The van der Waals surface area contributed by atoms with E-state index in [1.807, 2.05) is 0 Å². The number of halogens is 3. The summed E-state index contributed by atoms with van der Waals surface area (Å²) >= 11 is 0. The standard InChI is InChI=1S/C18H17F2N3O.ClH/c19-12-4-6-13(7-5-12)23-16-3-1-2-15(20)17(16)18(22-23)24-14-8-10-21-11-9-14;/h1-7,14,21H,8-11H2;1H. The van der Waals surface area contributed by atoms with Gasteiger partial charge < -0.3 is 10.1 Å². The maximum Gasteiger partial charge on any atom is 0.244 e. The molecule has 1 fully saturated rings. The van der Waals surface area contributed by atoms with Crippen molar-refractivity contribution in [3.05, 3.63) is 54.1 Å². The van der Waals surface area contributed by atoms with Gasteiger partial charge in [-0.1, -0.05) is 6.07 Å². The molecule has 2 heterocycles. The molecule has 1 aliphatic rings. The Balaban J connectivity index is 0.00000182. The van der Waals surface area contributed by atoms with Crippen LogP contribution in [0.1, 0.15) is 12.8 Å². The third-order valence-electron chi connectivity index (χ3n) is 4.26. The van der Waals surface area contributed by atoms with E-state index in [1.165, 1.54) is 18.2 Å². The van der Waals surface area contributed by atoms with Gasteiger partial charge in [0.05, 0.1) is 16.6 Å². The first-order valence-corrected chi connectivity index (χ1v) is 8.03. The molecule has 1 saturated heterocycles. The van der Waals surface area contributed by atoms with Gasteiger partial charge in [0.15, 0.2) is 0 Å². The van der Waals surface area contributed by atoms with Gasteiger partial charge in [0.1, 0.15) is 17.7 Å². The normalized spacial score (nSPS) is 15.1. The Kier molecular flexibility index (Phi) is 5.20. The van der Waals surface area contributed by atoms with E-state index in [2.05, 4.69) is 10.4 Å². The van der Waals surface area contributed by atoms with E-state index < -0.39 is 0 Å². The number of rotatable bonds is 3. The number of piperidine rings is 1. The molecule has 0 radical (unpaired) electrons. The zero-order valence-corrected chi connectivity index (χ0v) is 14.2. The fraction of sp³-hybridized carbons (Fsp3) is 0.278. The minimum atomic E-state index is -0.371. The van der Waals surface area contributed by atoms with Gasteiger partial charge in [-0.05, 0) is 62.3 Å². The van der Waals surface area contributed by atoms with Crippen molar-refractivity contribution in [2.75, 3.05) is 13.1 Å². The summed E-state index contributed by atoms with van der Waals surface area (Å²) in [4.78, 5) is 0. The first kappa shape index (κ1) is 17.6. The van der Waals surface area contributed by atoms with Crippen LogP contribution >= 0.6 is 12.4 Å². The average Bonchev–Trinajstić information content (AvgIpc) is 2.96. The number of aromatic nitrogens is 2. The van der Waals surface area contributed by atoms with E-state index in [0.29, 0.717) is 22.5 Å². The van der Waals surface area contributed by atoms with Crippen LogP contribution in [0.5, 0.6) is 5.88 Å². The van der Waals surface area contributed by atoms with Gasteiger partial charge in [-0.25, -0.2) is 13.5 Å². The molecule has 132 valence electrons. The summed E-state index contributed by atoms with van der Waals surface area (Å²) in [5.41, 5.74) is 1.26. The summed E-state index contributed by atoms with van der Waals surface area (Å²) in [6, 6.07) is 10.7. The monoisotopic (exact) mass is 365 g/mol. The van der Waals surface area contributed by atoms with Gasteiger partial charge in [-0.15, -0.1) is 17.5 Å². The smallest absolute Gasteiger partial charge is 0.244 e. The lowest BCUT2D eigenvalue weighted by atomic mass is 10.1. The molecule has 7 heteroatoms. The molecule has 0 aliphatic carbocycles. The molecule has 4 nitrogen and oxygen atoms in total. The zero-order valence-electron chi connectivity index (χ0n) is 13.4. The number of benzene rings is 2. The second-order valence-electron chi connectivity index (χ2n) is 5.89. The second kappa shape index (κ2) is 7.37. The summed E-state index contributed by atoms with van der Waals surface area (Å²) in [5, 5.41) is 8.09. The number of nitrogens with zero attached hydrogens (tertiary/aromatic N) is 2. The Hall–Kier alpha value is -2.18. The lowest BCUT2D eigenvalue weighted by Gasteiger charge is -2.22. The first-order valence-electron chi connectivity index (χ1n) is 8.03. The molecule has 1 aliphatic heterocycles. The van der Waals surface area contributed by atoms with Gasteiger partial charge in [0.25, 0.3) is 0 Å². The van der Waals surface area contributed by atoms with Gasteiger partial charge in [0.2, 0.25) is 5.88 Å². The maximum atomic E-state index is 14.4. The lowest BCUT2D eigenvalue weighted by molar-refractivity contribution is 0.157. The molecule has 0 spiro atoms. The summed E-state index contributed by atoms with van der Waals surface area (Å²) < 4.78 is 35.1. The van der Waals surface area contributed by atoms with Crippen molar-refractivity contribution in [1.82, 2.24) is 15.1 Å². The molecular formula is C18H18ClF2N3O. The third-order valence-corrected chi connectivity index (χ3v) is 4.26. The fourth-order valence-corrected chi connectivity index (χ4v) is 3.03. The Morgan fingerprint density at radius 2 is 1.76 bits per heavy atom. The molecule has 2 aromatic carbocycles. The van der Waals surface area contributed by atoms with Gasteiger partial charge in [-0.2, -0.15) is 0 Å². The minimum absolute atomic E-state index is 0. The van der Waals surface area contributed by atoms with Crippen LogP contribution in [0.25, 0.3) is 16.6 Å². The van der Waals surface area contributed by atoms with Crippen LogP contribution in [-0.4, -0.2) is 29.0 Å². The molecule has 0 amide bonds. The van der Waals surface area contributed by atoms with Crippen molar-refractivity contribution >= 4 is 23.3 Å². The quantitative estimate of drug-likeness (QED) is 0.766. The number of hydrogen-bond acceptors (Lipinski definition) is 3. The molecule has 25 heavy (non-hydrogen) atoms. The summed E-state index contributed by atoms with van der Waals surface area (Å²) in [6.45, 7) is 1.76. The highest BCUT2D eigenvalue weighted by atomic mass is 35.5. The predicted molar refractivity (Wildman–Crippen MR) is 94.8 cm³/mol. The second-order valence-corrected chi connectivity index (χ2v) is 5.89. The van der Waals surface area contributed by atoms with Crippen LogP contribution in [0.4, 0.5) is 8.78 Å². The average molecular weight is 366 g/mol. The van der Waals surface area contributed by atoms with E-state index in [0.717, 1.165) is 25.9 Å². The molecule has 1 N–H and O–H groups in total. The first-order chi connectivity index (χ1) is 11.7. The van der Waals surface area contributed by atoms with E-state index in [-0.39, 0.29) is 30.1 Å². The van der Waals surface area contributed by atoms with E-state index in [1.54, 1.807) is 28.9 Å². The molecule has 3 aromatic rings. The molecule has 0 saturated carbocycles. The Bertz CT molecular complexity index is 861. The van der Waals surface area contributed by atoms with E-state index >= 15 is 0 Å². The largest absolute Gasteiger partial charge is 0.473 e. The molecule has 0 bridgehead atoms. The van der Waals surface area contributed by atoms with Crippen molar-refractivity contribution in [1.29, 1.82) is 0 Å². The minimum Gasteiger partial charge on any atom is -0.473 e. The highest BCUT2D eigenvalue weighted by molar-refractivity contribution is 5.86. The van der Waals surface area contributed by atoms with Crippen LogP contribution in [0.2, 0.25) is 0 Å². The Labute approximate surface area is 150 Å². The number of nitrogens with one attached hydrogen (secondary N) is 1. The van der Waals surface area contributed by atoms with Crippen molar-refractivity contribution in [2.24, 2.45) is 0 Å². The van der Waals surface area contributed by atoms with Crippen LogP contribution in [0.15, 0.2) is 42.5 Å². The maximum absolute atomic E-state index is 14.4. The SMILES string of the molecule is Cl.Fc1ccc(-n2nc(OC3CCNCC3)c3c(F)cccc32)cc1. The fourth-order valence-electron chi connectivity index (χ4n) is 3.03. The van der Waals surface area contributed by atoms with Gasteiger partial charge >= 0.3 is 0 Å². The van der Waals surface area contributed by atoms with Crippen molar-refractivity contribution in [3.63, 3.8) is 0 Å². The number of ether oxygens (including phenoxy) is 1. The Morgan fingerprint density at radius 3 is 2.48 bits per heavy atom. The molecular weight excluding hydrogens is 348 g/mol. The van der Waals surface area contributed by atoms with E-state index in [9.17, 15) is 8.78 Å². The molecule has 0 atom stereocenters. The Morgan fingerprint density at radius 1 is 1.04 bits per heavy atom. The highest BCUT2D eigenvalue weighted by Crippen LogP contribution is 2.31. The third kappa shape index (κ3) is 3.45. The van der Waals surface area contributed by atoms with Gasteiger partial charge in [0, 0.05) is 0 Å². The van der Waals surface area contributed by atoms with Gasteiger partial charge in [-0.3, -0.25) is 0 Å². The molecule has 4 rings (SSSR count). The van der Waals surface area contributed by atoms with Crippen LogP contribution in [-0.2, 0) is 0 Å². The van der Waals surface area contributed by atoms with Crippen molar-refractivity contribution < 1.29 is 13.5 Å². The van der Waals surface area contributed by atoms with Crippen molar-refractivity contribution in [3.8, 4) is 11.6 Å². The summed E-state index contributed by atoms with van der Waals surface area (Å²) in [7, 11) is 0. The molecule has 0 unspecified atom stereocenters. The topological polar surface area (TPSA) is 39.1 Å². The zero-order chi connectivity index (χ0) is 16.5. The van der Waals surface area contributed by atoms with Crippen LogP contribution < -0.4 is 10.1 Å². The van der Waals surface area contributed by atoms with Crippen molar-refractivity contribution in [2.45, 2.75) is 18.9 Å². The summed E-state index contributed by atoms with van der Waals surface area (Å²) in [6.07, 6.45) is 1.74. The van der Waals surface area contributed by atoms with Crippen LogP contribution in [0.3, 0.4) is 0 Å².